The Morgan fingerprint density at radius 1 is 1.39 bits per heavy atom. The predicted molar refractivity (Wildman–Crippen MR) is 71.8 cm³/mol. The molecule has 1 aliphatic rings. The summed E-state index contributed by atoms with van der Waals surface area (Å²) in [6, 6.07) is 1.48. The molecule has 23 heavy (non-hydrogen) atoms. The Hall–Kier alpha value is -2.16. The van der Waals surface area contributed by atoms with E-state index in [1.54, 1.807) is 0 Å². The van der Waals surface area contributed by atoms with Gasteiger partial charge in [0.15, 0.2) is 5.82 Å². The molecule has 3 rings (SSSR count). The second kappa shape index (κ2) is 5.80. The summed E-state index contributed by atoms with van der Waals surface area (Å²) in [4.78, 5) is 16.1. The first-order chi connectivity index (χ1) is 10.8. The van der Waals surface area contributed by atoms with Crippen molar-refractivity contribution in [1.29, 1.82) is 0 Å². The van der Waals surface area contributed by atoms with E-state index in [-0.39, 0.29) is 24.2 Å². The Morgan fingerprint density at radius 3 is 2.78 bits per heavy atom. The van der Waals surface area contributed by atoms with Crippen molar-refractivity contribution in [3.05, 3.63) is 45.5 Å². The second-order valence-electron chi connectivity index (χ2n) is 5.36. The summed E-state index contributed by atoms with van der Waals surface area (Å²) in [5.41, 5.74) is -1.56. The van der Waals surface area contributed by atoms with Gasteiger partial charge in [0.05, 0.1) is 12.1 Å². The number of halogens is 3. The standard InChI is InChI=1S/C14H14F3N3O3/c1-8-5-9(14(15,16)17)6-12(21)20(8)7-11-18-13(23-19-11)10-3-2-4-22-10/h5-6,10H,2-4,7H2,1H3/t10-/m0/s1. The van der Waals surface area contributed by atoms with Gasteiger partial charge in [0.2, 0.25) is 0 Å². The maximum absolute atomic E-state index is 12.7. The van der Waals surface area contributed by atoms with Crippen molar-refractivity contribution in [1.82, 2.24) is 14.7 Å². The van der Waals surface area contributed by atoms with E-state index >= 15 is 0 Å². The number of ether oxygens (including phenoxy) is 1. The van der Waals surface area contributed by atoms with Crippen LogP contribution in [-0.2, 0) is 17.5 Å². The Bertz CT molecular complexity index is 761. The maximum atomic E-state index is 12.7. The molecular weight excluding hydrogens is 315 g/mol. The summed E-state index contributed by atoms with van der Waals surface area (Å²) in [7, 11) is 0. The molecule has 9 heteroatoms. The number of pyridine rings is 1. The summed E-state index contributed by atoms with van der Waals surface area (Å²) >= 11 is 0. The highest BCUT2D eigenvalue weighted by molar-refractivity contribution is 5.20. The molecule has 0 aliphatic carbocycles. The summed E-state index contributed by atoms with van der Waals surface area (Å²) in [5, 5.41) is 3.76. The number of rotatable bonds is 3. The fraction of sp³-hybridized carbons (Fsp3) is 0.500. The normalized spacial score (nSPS) is 18.5. The number of alkyl halides is 3. The number of nitrogens with zero attached hydrogens (tertiary/aromatic N) is 3. The molecule has 0 radical (unpaired) electrons. The van der Waals surface area contributed by atoms with E-state index in [2.05, 4.69) is 10.1 Å². The van der Waals surface area contributed by atoms with Crippen LogP contribution in [0, 0.1) is 6.92 Å². The molecule has 3 heterocycles. The lowest BCUT2D eigenvalue weighted by atomic mass is 10.2. The zero-order valence-electron chi connectivity index (χ0n) is 12.3. The molecule has 0 aromatic carbocycles. The van der Waals surface area contributed by atoms with E-state index in [0.717, 1.165) is 18.9 Å². The maximum Gasteiger partial charge on any atom is 0.416 e. The number of aryl methyl sites for hydroxylation is 1. The molecule has 2 aromatic heterocycles. The SMILES string of the molecule is Cc1cc(C(F)(F)F)cc(=O)n1Cc1noc([C@@H]2CCCO2)n1. The Kier molecular flexibility index (Phi) is 3.97. The lowest BCUT2D eigenvalue weighted by molar-refractivity contribution is -0.137. The highest BCUT2D eigenvalue weighted by atomic mass is 19.4. The number of hydrogen-bond donors (Lipinski definition) is 0. The minimum Gasteiger partial charge on any atom is -0.368 e. The molecular formula is C14H14F3N3O3. The molecule has 2 aromatic rings. The highest BCUT2D eigenvalue weighted by Gasteiger charge is 2.31. The van der Waals surface area contributed by atoms with Crippen LogP contribution in [-0.4, -0.2) is 21.3 Å². The summed E-state index contributed by atoms with van der Waals surface area (Å²) in [6.45, 7) is 2.00. The Balaban J connectivity index is 1.84. The van der Waals surface area contributed by atoms with Gasteiger partial charge in [-0.3, -0.25) is 4.79 Å². The van der Waals surface area contributed by atoms with Gasteiger partial charge in [-0.05, 0) is 25.8 Å². The lowest BCUT2D eigenvalue weighted by Crippen LogP contribution is -2.25. The molecule has 0 amide bonds. The van der Waals surface area contributed by atoms with Crippen molar-refractivity contribution < 1.29 is 22.4 Å². The molecule has 0 bridgehead atoms. The van der Waals surface area contributed by atoms with Crippen molar-refractivity contribution in [2.45, 2.75) is 38.6 Å². The molecule has 1 aliphatic heterocycles. The van der Waals surface area contributed by atoms with E-state index in [4.69, 9.17) is 9.26 Å². The number of hydrogen-bond acceptors (Lipinski definition) is 5. The van der Waals surface area contributed by atoms with Crippen molar-refractivity contribution in [2.75, 3.05) is 6.61 Å². The first-order valence-corrected chi connectivity index (χ1v) is 7.07. The molecule has 0 saturated carbocycles. The first kappa shape index (κ1) is 15.7. The number of aromatic nitrogens is 3. The van der Waals surface area contributed by atoms with Crippen LogP contribution < -0.4 is 5.56 Å². The highest BCUT2D eigenvalue weighted by Crippen LogP contribution is 2.29. The third kappa shape index (κ3) is 3.29. The minimum atomic E-state index is -4.55. The average Bonchev–Trinajstić information content (AvgIpc) is 3.12. The topological polar surface area (TPSA) is 70.2 Å². The van der Waals surface area contributed by atoms with Crippen LogP contribution in [0.3, 0.4) is 0 Å². The van der Waals surface area contributed by atoms with Crippen molar-refractivity contribution in [3.63, 3.8) is 0 Å². The predicted octanol–water partition coefficient (Wildman–Crippen LogP) is 2.46. The van der Waals surface area contributed by atoms with Gasteiger partial charge in [0.1, 0.15) is 6.10 Å². The van der Waals surface area contributed by atoms with Gasteiger partial charge in [0, 0.05) is 18.4 Å². The van der Waals surface area contributed by atoms with E-state index in [1.165, 1.54) is 11.5 Å². The zero-order chi connectivity index (χ0) is 16.6. The van der Waals surface area contributed by atoms with E-state index in [1.807, 2.05) is 0 Å². The first-order valence-electron chi connectivity index (χ1n) is 7.07. The van der Waals surface area contributed by atoms with Crippen LogP contribution in [0.25, 0.3) is 0 Å². The van der Waals surface area contributed by atoms with Crippen molar-refractivity contribution in [3.8, 4) is 0 Å². The largest absolute Gasteiger partial charge is 0.416 e. The fourth-order valence-corrected chi connectivity index (χ4v) is 2.47. The van der Waals surface area contributed by atoms with Gasteiger partial charge in [-0.1, -0.05) is 5.16 Å². The van der Waals surface area contributed by atoms with Crippen LogP contribution >= 0.6 is 0 Å². The van der Waals surface area contributed by atoms with Crippen LogP contribution in [0.2, 0.25) is 0 Å². The molecule has 0 N–H and O–H groups in total. The Labute approximate surface area is 128 Å². The van der Waals surface area contributed by atoms with Gasteiger partial charge in [-0.25, -0.2) is 0 Å². The minimum absolute atomic E-state index is 0.0565. The molecule has 1 saturated heterocycles. The van der Waals surface area contributed by atoms with Gasteiger partial charge in [0.25, 0.3) is 11.4 Å². The van der Waals surface area contributed by atoms with Crippen LogP contribution in [0.15, 0.2) is 21.5 Å². The summed E-state index contributed by atoms with van der Waals surface area (Å²) in [5.74, 6) is 0.551. The van der Waals surface area contributed by atoms with E-state index < -0.39 is 17.3 Å². The van der Waals surface area contributed by atoms with Crippen molar-refractivity contribution in [2.24, 2.45) is 0 Å². The lowest BCUT2D eigenvalue weighted by Gasteiger charge is -2.11. The summed E-state index contributed by atoms with van der Waals surface area (Å²) < 4.78 is 49.7. The second-order valence-corrected chi connectivity index (χ2v) is 5.36. The molecule has 0 unspecified atom stereocenters. The Morgan fingerprint density at radius 2 is 2.17 bits per heavy atom. The fourth-order valence-electron chi connectivity index (χ4n) is 2.47. The summed E-state index contributed by atoms with van der Waals surface area (Å²) in [6.07, 6.45) is -3.12. The third-order valence-corrected chi connectivity index (χ3v) is 3.65. The van der Waals surface area contributed by atoms with Gasteiger partial charge < -0.3 is 13.8 Å². The van der Waals surface area contributed by atoms with Gasteiger partial charge in [-0.15, -0.1) is 0 Å². The van der Waals surface area contributed by atoms with Crippen LogP contribution in [0.4, 0.5) is 13.2 Å². The average molecular weight is 329 g/mol. The molecule has 1 atom stereocenters. The monoisotopic (exact) mass is 329 g/mol. The zero-order valence-corrected chi connectivity index (χ0v) is 12.3. The molecule has 1 fully saturated rings. The molecule has 124 valence electrons. The van der Waals surface area contributed by atoms with E-state index in [0.29, 0.717) is 18.6 Å². The van der Waals surface area contributed by atoms with Gasteiger partial charge in [-0.2, -0.15) is 18.2 Å². The van der Waals surface area contributed by atoms with Crippen LogP contribution in [0.1, 0.15) is 41.9 Å². The smallest absolute Gasteiger partial charge is 0.368 e. The van der Waals surface area contributed by atoms with Crippen LogP contribution in [0.5, 0.6) is 0 Å². The molecule has 6 nitrogen and oxygen atoms in total. The third-order valence-electron chi connectivity index (χ3n) is 3.65. The van der Waals surface area contributed by atoms with E-state index in [9.17, 15) is 18.0 Å². The van der Waals surface area contributed by atoms with Gasteiger partial charge >= 0.3 is 6.18 Å². The van der Waals surface area contributed by atoms with Crippen molar-refractivity contribution >= 4 is 0 Å². The molecule has 0 spiro atoms. The quantitative estimate of drug-likeness (QED) is 0.865.